The van der Waals surface area contributed by atoms with Crippen LogP contribution in [-0.2, 0) is 11.3 Å². The number of nitrogens with one attached hydrogen (secondary N) is 1. The SMILES string of the molecule is CCCNC(=O)CN(C)Cc1cc(N)ccn1. The van der Waals surface area contributed by atoms with Crippen LogP contribution in [0.3, 0.4) is 0 Å². The highest BCUT2D eigenvalue weighted by molar-refractivity contribution is 5.77. The Morgan fingerprint density at radius 2 is 2.35 bits per heavy atom. The van der Waals surface area contributed by atoms with Crippen LogP contribution < -0.4 is 11.1 Å². The van der Waals surface area contributed by atoms with Gasteiger partial charge in [-0.3, -0.25) is 14.7 Å². The molecule has 0 saturated carbocycles. The van der Waals surface area contributed by atoms with Gasteiger partial charge in [0.25, 0.3) is 0 Å². The number of rotatable bonds is 6. The van der Waals surface area contributed by atoms with Gasteiger partial charge in [0.1, 0.15) is 0 Å². The molecule has 0 spiro atoms. The lowest BCUT2D eigenvalue weighted by Crippen LogP contribution is -2.35. The third-order valence-electron chi connectivity index (χ3n) is 2.26. The number of nitrogen functional groups attached to an aromatic ring is 1. The summed E-state index contributed by atoms with van der Waals surface area (Å²) >= 11 is 0. The first kappa shape index (κ1) is 13.4. The van der Waals surface area contributed by atoms with E-state index in [0.717, 1.165) is 18.7 Å². The van der Waals surface area contributed by atoms with Crippen molar-refractivity contribution < 1.29 is 4.79 Å². The molecular weight excluding hydrogens is 216 g/mol. The summed E-state index contributed by atoms with van der Waals surface area (Å²) in [7, 11) is 1.89. The van der Waals surface area contributed by atoms with Crippen LogP contribution in [0.2, 0.25) is 0 Å². The predicted octanol–water partition coefficient (Wildman–Crippen LogP) is 0.622. The van der Waals surface area contributed by atoms with Gasteiger partial charge < -0.3 is 11.1 Å². The Morgan fingerprint density at radius 3 is 3.00 bits per heavy atom. The molecule has 1 amide bonds. The van der Waals surface area contributed by atoms with E-state index in [9.17, 15) is 4.79 Å². The van der Waals surface area contributed by atoms with E-state index < -0.39 is 0 Å². The fraction of sp³-hybridized carbons (Fsp3) is 0.500. The molecule has 0 aromatic carbocycles. The molecular formula is C12H20N4O. The summed E-state index contributed by atoms with van der Waals surface area (Å²) in [5, 5.41) is 2.83. The summed E-state index contributed by atoms with van der Waals surface area (Å²) in [4.78, 5) is 17.6. The van der Waals surface area contributed by atoms with E-state index in [4.69, 9.17) is 5.73 Å². The van der Waals surface area contributed by atoms with E-state index in [0.29, 0.717) is 18.8 Å². The fourth-order valence-corrected chi connectivity index (χ4v) is 1.48. The molecule has 0 aliphatic heterocycles. The number of carbonyl (C=O) groups is 1. The molecule has 0 radical (unpaired) electrons. The minimum Gasteiger partial charge on any atom is -0.399 e. The van der Waals surface area contributed by atoms with E-state index in [2.05, 4.69) is 10.3 Å². The highest BCUT2D eigenvalue weighted by Crippen LogP contribution is 2.04. The van der Waals surface area contributed by atoms with Crippen LogP contribution in [0.25, 0.3) is 0 Å². The smallest absolute Gasteiger partial charge is 0.234 e. The molecule has 0 saturated heterocycles. The van der Waals surface area contributed by atoms with Gasteiger partial charge in [-0.2, -0.15) is 0 Å². The van der Waals surface area contributed by atoms with Gasteiger partial charge in [0, 0.05) is 25.0 Å². The number of nitrogens with two attached hydrogens (primary N) is 1. The van der Waals surface area contributed by atoms with E-state index >= 15 is 0 Å². The number of hydrogen-bond donors (Lipinski definition) is 2. The van der Waals surface area contributed by atoms with Crippen LogP contribution in [0.1, 0.15) is 19.0 Å². The van der Waals surface area contributed by atoms with Crippen LogP contribution >= 0.6 is 0 Å². The second-order valence-electron chi connectivity index (χ2n) is 4.10. The molecule has 1 aromatic rings. The Hall–Kier alpha value is -1.62. The van der Waals surface area contributed by atoms with Crippen LogP contribution in [0.5, 0.6) is 0 Å². The lowest BCUT2D eigenvalue weighted by atomic mass is 10.3. The standard InChI is InChI=1S/C12H20N4O/c1-3-5-15-12(17)9-16(2)8-11-7-10(13)4-6-14-11/h4,6-7H,3,5,8-9H2,1-2H3,(H2,13,14)(H,15,17). The molecule has 94 valence electrons. The molecule has 1 aromatic heterocycles. The highest BCUT2D eigenvalue weighted by atomic mass is 16.2. The summed E-state index contributed by atoms with van der Waals surface area (Å²) in [6.45, 7) is 3.74. The van der Waals surface area contributed by atoms with Crippen molar-refractivity contribution >= 4 is 11.6 Å². The van der Waals surface area contributed by atoms with Crippen molar-refractivity contribution in [2.75, 3.05) is 25.9 Å². The zero-order valence-corrected chi connectivity index (χ0v) is 10.4. The maximum absolute atomic E-state index is 11.5. The van der Waals surface area contributed by atoms with Crippen molar-refractivity contribution in [2.45, 2.75) is 19.9 Å². The molecule has 3 N–H and O–H groups in total. The zero-order chi connectivity index (χ0) is 12.7. The molecule has 0 unspecified atom stereocenters. The second-order valence-corrected chi connectivity index (χ2v) is 4.10. The second kappa shape index (κ2) is 6.85. The summed E-state index contributed by atoms with van der Waals surface area (Å²) in [6.07, 6.45) is 2.63. The first-order valence-corrected chi connectivity index (χ1v) is 5.77. The molecule has 0 fully saturated rings. The number of amides is 1. The third-order valence-corrected chi connectivity index (χ3v) is 2.26. The summed E-state index contributed by atoms with van der Waals surface area (Å²) < 4.78 is 0. The monoisotopic (exact) mass is 236 g/mol. The summed E-state index contributed by atoms with van der Waals surface area (Å²) in [6, 6.07) is 3.57. The van der Waals surface area contributed by atoms with Crippen molar-refractivity contribution in [1.82, 2.24) is 15.2 Å². The molecule has 0 atom stereocenters. The molecule has 1 rings (SSSR count). The van der Waals surface area contributed by atoms with Gasteiger partial charge in [-0.25, -0.2) is 0 Å². The Kier molecular flexibility index (Phi) is 5.42. The van der Waals surface area contributed by atoms with Gasteiger partial charge in [-0.05, 0) is 25.6 Å². The first-order valence-electron chi connectivity index (χ1n) is 5.77. The molecule has 5 nitrogen and oxygen atoms in total. The number of aromatic nitrogens is 1. The lowest BCUT2D eigenvalue weighted by molar-refractivity contribution is -0.122. The predicted molar refractivity (Wildman–Crippen MR) is 68.3 cm³/mol. The maximum atomic E-state index is 11.5. The number of carbonyl (C=O) groups excluding carboxylic acids is 1. The van der Waals surface area contributed by atoms with Crippen molar-refractivity contribution in [2.24, 2.45) is 0 Å². The first-order chi connectivity index (χ1) is 8.11. The van der Waals surface area contributed by atoms with Crippen LogP contribution in [0, 0.1) is 0 Å². The van der Waals surface area contributed by atoms with Crippen molar-refractivity contribution in [1.29, 1.82) is 0 Å². The lowest BCUT2D eigenvalue weighted by Gasteiger charge is -2.15. The molecule has 17 heavy (non-hydrogen) atoms. The number of nitrogens with zero attached hydrogens (tertiary/aromatic N) is 2. The Bertz CT molecular complexity index is 367. The molecule has 0 aliphatic carbocycles. The van der Waals surface area contributed by atoms with Crippen LogP contribution in [-0.4, -0.2) is 35.9 Å². The van der Waals surface area contributed by atoms with Gasteiger partial charge in [-0.1, -0.05) is 6.92 Å². The topological polar surface area (TPSA) is 71.2 Å². The largest absolute Gasteiger partial charge is 0.399 e. The molecule has 0 aliphatic rings. The van der Waals surface area contributed by atoms with Gasteiger partial charge >= 0.3 is 0 Å². The van der Waals surface area contributed by atoms with Gasteiger partial charge in [0.15, 0.2) is 0 Å². The van der Waals surface area contributed by atoms with E-state index in [1.165, 1.54) is 0 Å². The average Bonchev–Trinajstić information content (AvgIpc) is 2.26. The van der Waals surface area contributed by atoms with Crippen LogP contribution in [0.4, 0.5) is 5.69 Å². The Labute approximate surface area is 102 Å². The molecule has 1 heterocycles. The Morgan fingerprint density at radius 1 is 1.59 bits per heavy atom. The van der Waals surface area contributed by atoms with Crippen molar-refractivity contribution in [3.8, 4) is 0 Å². The quantitative estimate of drug-likeness (QED) is 0.759. The number of pyridine rings is 1. The number of hydrogen-bond acceptors (Lipinski definition) is 4. The fourth-order valence-electron chi connectivity index (χ4n) is 1.48. The van der Waals surface area contributed by atoms with Gasteiger partial charge in [0.2, 0.25) is 5.91 Å². The third kappa shape index (κ3) is 5.31. The van der Waals surface area contributed by atoms with Crippen molar-refractivity contribution in [3.63, 3.8) is 0 Å². The van der Waals surface area contributed by atoms with Crippen molar-refractivity contribution in [3.05, 3.63) is 24.0 Å². The molecule has 5 heteroatoms. The average molecular weight is 236 g/mol. The summed E-state index contributed by atoms with van der Waals surface area (Å²) in [5.74, 6) is 0.0400. The van der Waals surface area contributed by atoms with Gasteiger partial charge in [-0.15, -0.1) is 0 Å². The van der Waals surface area contributed by atoms with E-state index in [1.54, 1.807) is 12.3 Å². The minimum atomic E-state index is 0.0400. The minimum absolute atomic E-state index is 0.0400. The number of likely N-dealkylation sites (N-methyl/N-ethyl adjacent to an activating group) is 1. The normalized spacial score (nSPS) is 10.5. The van der Waals surface area contributed by atoms with Crippen LogP contribution in [0.15, 0.2) is 18.3 Å². The van der Waals surface area contributed by atoms with Gasteiger partial charge in [0.05, 0.1) is 12.2 Å². The number of anilines is 1. The maximum Gasteiger partial charge on any atom is 0.234 e. The Balaban J connectivity index is 2.39. The van der Waals surface area contributed by atoms with E-state index in [-0.39, 0.29) is 5.91 Å². The molecule has 0 bridgehead atoms. The zero-order valence-electron chi connectivity index (χ0n) is 10.4. The highest BCUT2D eigenvalue weighted by Gasteiger charge is 2.07. The summed E-state index contributed by atoms with van der Waals surface area (Å²) in [5.41, 5.74) is 7.23. The van der Waals surface area contributed by atoms with E-state index in [1.807, 2.05) is 24.9 Å².